The van der Waals surface area contributed by atoms with Crippen molar-refractivity contribution < 1.29 is 40.1 Å². The van der Waals surface area contributed by atoms with Crippen LogP contribution in [0.3, 0.4) is 0 Å². The van der Waals surface area contributed by atoms with E-state index in [0.717, 1.165) is 0 Å². The molecule has 0 aromatic carbocycles. The van der Waals surface area contributed by atoms with Gasteiger partial charge in [0.2, 0.25) is 0 Å². The summed E-state index contributed by atoms with van der Waals surface area (Å²) in [6, 6.07) is 0. The first-order valence-corrected chi connectivity index (χ1v) is 7.02. The third kappa shape index (κ3) is 4.77. The molecule has 132 valence electrons. The van der Waals surface area contributed by atoms with Gasteiger partial charge in [-0.15, -0.1) is 0 Å². The van der Waals surface area contributed by atoms with Gasteiger partial charge in [0.1, 0.15) is 35.8 Å². The first kappa shape index (κ1) is 19.6. The molecule has 0 amide bonds. The molecule has 0 aromatic heterocycles. The lowest BCUT2D eigenvalue weighted by Crippen LogP contribution is -2.46. The Kier molecular flexibility index (Phi) is 7.20. The van der Waals surface area contributed by atoms with Gasteiger partial charge in [-0.3, -0.25) is 0 Å². The summed E-state index contributed by atoms with van der Waals surface area (Å²) in [4.78, 5) is 0. The zero-order chi connectivity index (χ0) is 17.6. The number of hydrogen-bond acceptors (Lipinski definition) is 8. The van der Waals surface area contributed by atoms with E-state index in [1.807, 2.05) is 0 Å². The van der Waals surface area contributed by atoms with Gasteiger partial charge in [-0.25, -0.2) is 0 Å². The van der Waals surface area contributed by atoms with Crippen LogP contribution >= 0.6 is 0 Å². The molecule has 1 aliphatic rings. The Hall–Kier alpha value is -1.42. The molecule has 1 aliphatic carbocycles. The monoisotopic (exact) mass is 332 g/mol. The number of hydrogen-bond donors (Lipinski definition) is 6. The largest absolute Gasteiger partial charge is 0.510 e. The topological polar surface area (TPSA) is 140 Å². The maximum Gasteiger partial charge on any atom is 0.139 e. The van der Waals surface area contributed by atoms with E-state index in [9.17, 15) is 25.5 Å². The summed E-state index contributed by atoms with van der Waals surface area (Å²) in [6.45, 7) is -0.803. The Balaban J connectivity index is 2.93. The van der Waals surface area contributed by atoms with E-state index >= 15 is 0 Å². The highest BCUT2D eigenvalue weighted by atomic mass is 16.5. The van der Waals surface area contributed by atoms with Crippen molar-refractivity contribution in [1.29, 1.82) is 0 Å². The molecular formula is C15H24O8. The summed E-state index contributed by atoms with van der Waals surface area (Å²) in [6.07, 6.45) is -0.814. The average molecular weight is 332 g/mol. The molecule has 0 heterocycles. The fourth-order valence-corrected chi connectivity index (χ4v) is 2.18. The highest BCUT2D eigenvalue weighted by Gasteiger charge is 2.35. The Labute approximate surface area is 134 Å². The summed E-state index contributed by atoms with van der Waals surface area (Å²) >= 11 is 0. The van der Waals surface area contributed by atoms with E-state index in [1.165, 1.54) is 20.3 Å². The minimum Gasteiger partial charge on any atom is -0.510 e. The van der Waals surface area contributed by atoms with Crippen LogP contribution < -0.4 is 0 Å². The zero-order valence-corrected chi connectivity index (χ0v) is 13.0. The lowest BCUT2D eigenvalue weighted by Gasteiger charge is -2.31. The highest BCUT2D eigenvalue weighted by Crippen LogP contribution is 2.30. The maximum atomic E-state index is 10.0. The molecule has 8 nitrogen and oxygen atoms in total. The molecule has 0 saturated heterocycles. The lowest BCUT2D eigenvalue weighted by molar-refractivity contribution is -0.113. The van der Waals surface area contributed by atoms with Crippen LogP contribution in [0.15, 0.2) is 35.8 Å². The minimum absolute atomic E-state index is 0.255. The summed E-state index contributed by atoms with van der Waals surface area (Å²) in [5, 5.41) is 57.3. The second-order valence-corrected chi connectivity index (χ2v) is 5.28. The summed E-state index contributed by atoms with van der Waals surface area (Å²) < 4.78 is 10.5. The Morgan fingerprint density at radius 1 is 1.26 bits per heavy atom. The van der Waals surface area contributed by atoms with E-state index in [1.54, 1.807) is 18.2 Å². The van der Waals surface area contributed by atoms with Gasteiger partial charge < -0.3 is 40.1 Å². The van der Waals surface area contributed by atoms with Crippen molar-refractivity contribution in [2.24, 2.45) is 0 Å². The van der Waals surface area contributed by atoms with Gasteiger partial charge in [-0.2, -0.15) is 0 Å². The second-order valence-electron chi connectivity index (χ2n) is 5.28. The number of aliphatic hydroxyl groups excluding tert-OH is 6. The SMILES string of the molecule is COC1=CC=CC(C=C(O)[C@H](O)[C@@H](O)[C@H](O)[C@H](O)CO)(OC)C1. The van der Waals surface area contributed by atoms with Gasteiger partial charge in [0.25, 0.3) is 0 Å². The fourth-order valence-electron chi connectivity index (χ4n) is 2.18. The number of allylic oxidation sites excluding steroid dienone is 2. The third-order valence-electron chi connectivity index (χ3n) is 3.70. The summed E-state index contributed by atoms with van der Waals surface area (Å²) in [5.74, 6) is -0.0604. The van der Waals surface area contributed by atoms with Crippen molar-refractivity contribution in [2.45, 2.75) is 36.4 Å². The van der Waals surface area contributed by atoms with Gasteiger partial charge in [0, 0.05) is 13.5 Å². The van der Waals surface area contributed by atoms with E-state index in [4.69, 9.17) is 14.6 Å². The van der Waals surface area contributed by atoms with Crippen LogP contribution in [0.1, 0.15) is 6.42 Å². The van der Waals surface area contributed by atoms with Crippen molar-refractivity contribution in [2.75, 3.05) is 20.8 Å². The third-order valence-corrected chi connectivity index (χ3v) is 3.70. The molecule has 6 N–H and O–H groups in total. The average Bonchev–Trinajstić information content (AvgIpc) is 2.58. The molecule has 1 unspecified atom stereocenters. The quantitative estimate of drug-likeness (QED) is 0.303. The van der Waals surface area contributed by atoms with E-state index < -0.39 is 42.4 Å². The standard InChI is InChI=1S/C15H24O8/c1-22-9-4-3-5-15(6-9,23-2)7-10(17)12(19)14(21)13(20)11(18)8-16/h3-5,7,11-14,16-21H,6,8H2,1-2H3/t11-,12+,13-,14-,15?/m1/s1. The lowest BCUT2D eigenvalue weighted by atomic mass is 9.91. The number of ether oxygens (including phenoxy) is 2. The fraction of sp³-hybridized carbons (Fsp3) is 0.600. The van der Waals surface area contributed by atoms with Gasteiger partial charge in [-0.05, 0) is 18.2 Å². The highest BCUT2D eigenvalue weighted by molar-refractivity contribution is 5.29. The van der Waals surface area contributed by atoms with Crippen molar-refractivity contribution in [3.05, 3.63) is 35.8 Å². The predicted octanol–water partition coefficient (Wildman–Crippen LogP) is -1.26. The maximum absolute atomic E-state index is 10.0. The number of aliphatic hydroxyl groups is 6. The van der Waals surface area contributed by atoms with Crippen molar-refractivity contribution in [1.82, 2.24) is 0 Å². The van der Waals surface area contributed by atoms with Crippen LogP contribution in [0.4, 0.5) is 0 Å². The van der Waals surface area contributed by atoms with E-state index in [2.05, 4.69) is 0 Å². The van der Waals surface area contributed by atoms with Crippen molar-refractivity contribution in [3.8, 4) is 0 Å². The van der Waals surface area contributed by atoms with Crippen LogP contribution in [-0.2, 0) is 9.47 Å². The van der Waals surface area contributed by atoms with E-state index in [0.29, 0.717) is 5.76 Å². The first-order chi connectivity index (χ1) is 10.8. The number of rotatable bonds is 8. The van der Waals surface area contributed by atoms with Crippen LogP contribution in [0.25, 0.3) is 0 Å². The number of methoxy groups -OCH3 is 2. The molecule has 0 aliphatic heterocycles. The van der Waals surface area contributed by atoms with Crippen LogP contribution in [0.5, 0.6) is 0 Å². The molecule has 1 rings (SSSR count). The smallest absolute Gasteiger partial charge is 0.139 e. The van der Waals surface area contributed by atoms with Crippen molar-refractivity contribution >= 4 is 0 Å². The molecule has 0 aromatic rings. The molecular weight excluding hydrogens is 308 g/mol. The van der Waals surface area contributed by atoms with Gasteiger partial charge >= 0.3 is 0 Å². The predicted molar refractivity (Wildman–Crippen MR) is 80.4 cm³/mol. The summed E-state index contributed by atoms with van der Waals surface area (Å²) in [5.41, 5.74) is -1.09. The first-order valence-electron chi connectivity index (χ1n) is 7.02. The Bertz CT molecular complexity index is 472. The summed E-state index contributed by atoms with van der Waals surface area (Å²) in [7, 11) is 2.89. The molecule has 8 heteroatoms. The molecule has 0 spiro atoms. The van der Waals surface area contributed by atoms with Crippen LogP contribution in [0, 0.1) is 0 Å². The minimum atomic E-state index is -1.90. The zero-order valence-electron chi connectivity index (χ0n) is 13.0. The Morgan fingerprint density at radius 3 is 2.43 bits per heavy atom. The molecule has 0 saturated carbocycles. The van der Waals surface area contributed by atoms with Gasteiger partial charge in [-0.1, -0.05) is 6.08 Å². The van der Waals surface area contributed by atoms with Gasteiger partial charge in [0.05, 0.1) is 19.5 Å². The van der Waals surface area contributed by atoms with Crippen molar-refractivity contribution in [3.63, 3.8) is 0 Å². The molecule has 0 bridgehead atoms. The molecule has 0 radical (unpaired) electrons. The Morgan fingerprint density at radius 2 is 1.91 bits per heavy atom. The normalized spacial score (nSPS) is 27.1. The molecule has 0 fully saturated rings. The molecule has 23 heavy (non-hydrogen) atoms. The van der Waals surface area contributed by atoms with E-state index in [-0.39, 0.29) is 6.42 Å². The van der Waals surface area contributed by atoms with Gasteiger partial charge in [0.15, 0.2) is 0 Å². The second kappa shape index (κ2) is 8.44. The van der Waals surface area contributed by atoms with Crippen LogP contribution in [-0.4, -0.2) is 81.5 Å². The van der Waals surface area contributed by atoms with Crippen LogP contribution in [0.2, 0.25) is 0 Å². The molecule has 5 atom stereocenters.